The SMILES string of the molecule is Cc1ccc(N)c(NCc2cscn2)c1. The van der Waals surface area contributed by atoms with Crippen molar-refractivity contribution >= 4 is 22.7 Å². The molecule has 0 aliphatic rings. The van der Waals surface area contributed by atoms with Gasteiger partial charge in [-0.1, -0.05) is 6.07 Å². The minimum atomic E-state index is 0.719. The number of aryl methyl sites for hydroxylation is 1. The first-order valence-electron chi connectivity index (χ1n) is 4.73. The molecule has 0 amide bonds. The molecule has 0 aliphatic carbocycles. The molecular weight excluding hydrogens is 206 g/mol. The summed E-state index contributed by atoms with van der Waals surface area (Å²) in [6.07, 6.45) is 0. The lowest BCUT2D eigenvalue weighted by molar-refractivity contribution is 1.07. The molecular formula is C11H13N3S. The van der Waals surface area contributed by atoms with E-state index >= 15 is 0 Å². The average Bonchev–Trinajstić information content (AvgIpc) is 2.72. The van der Waals surface area contributed by atoms with Gasteiger partial charge in [-0.05, 0) is 24.6 Å². The van der Waals surface area contributed by atoms with Gasteiger partial charge >= 0.3 is 0 Å². The highest BCUT2D eigenvalue weighted by Crippen LogP contribution is 2.20. The minimum absolute atomic E-state index is 0.719. The molecule has 2 aromatic rings. The second kappa shape index (κ2) is 4.31. The van der Waals surface area contributed by atoms with E-state index in [4.69, 9.17) is 5.73 Å². The smallest absolute Gasteiger partial charge is 0.0795 e. The number of rotatable bonds is 3. The van der Waals surface area contributed by atoms with Gasteiger partial charge in [-0.3, -0.25) is 0 Å². The van der Waals surface area contributed by atoms with Crippen molar-refractivity contribution in [3.63, 3.8) is 0 Å². The number of anilines is 2. The summed E-state index contributed by atoms with van der Waals surface area (Å²) in [5.74, 6) is 0. The van der Waals surface area contributed by atoms with E-state index in [1.165, 1.54) is 5.56 Å². The number of hydrogen-bond acceptors (Lipinski definition) is 4. The van der Waals surface area contributed by atoms with E-state index in [-0.39, 0.29) is 0 Å². The Labute approximate surface area is 93.0 Å². The van der Waals surface area contributed by atoms with Crippen LogP contribution in [0.3, 0.4) is 0 Å². The van der Waals surface area contributed by atoms with Crippen LogP contribution >= 0.6 is 11.3 Å². The van der Waals surface area contributed by atoms with Crippen molar-refractivity contribution in [2.45, 2.75) is 13.5 Å². The maximum absolute atomic E-state index is 5.85. The van der Waals surface area contributed by atoms with Crippen LogP contribution in [0, 0.1) is 6.92 Å². The van der Waals surface area contributed by atoms with Crippen molar-refractivity contribution < 1.29 is 0 Å². The molecule has 3 N–H and O–H groups in total. The second-order valence-corrected chi connectivity index (χ2v) is 4.14. The second-order valence-electron chi connectivity index (χ2n) is 3.42. The zero-order valence-electron chi connectivity index (χ0n) is 8.53. The summed E-state index contributed by atoms with van der Waals surface area (Å²) in [5, 5.41) is 5.30. The molecule has 3 nitrogen and oxygen atoms in total. The summed E-state index contributed by atoms with van der Waals surface area (Å²) >= 11 is 1.60. The summed E-state index contributed by atoms with van der Waals surface area (Å²) < 4.78 is 0. The zero-order valence-corrected chi connectivity index (χ0v) is 9.34. The lowest BCUT2D eigenvalue weighted by Gasteiger charge is -2.08. The molecule has 78 valence electrons. The number of aromatic nitrogens is 1. The van der Waals surface area contributed by atoms with Crippen molar-refractivity contribution in [1.82, 2.24) is 4.98 Å². The van der Waals surface area contributed by atoms with Crippen LogP contribution in [-0.4, -0.2) is 4.98 Å². The van der Waals surface area contributed by atoms with Crippen LogP contribution in [0.25, 0.3) is 0 Å². The van der Waals surface area contributed by atoms with Crippen LogP contribution in [0.5, 0.6) is 0 Å². The standard InChI is InChI=1S/C11H13N3S/c1-8-2-3-10(12)11(4-8)13-5-9-6-15-7-14-9/h2-4,6-7,13H,5,12H2,1H3. The van der Waals surface area contributed by atoms with Gasteiger partial charge < -0.3 is 11.1 Å². The van der Waals surface area contributed by atoms with Crippen LogP contribution < -0.4 is 11.1 Å². The van der Waals surface area contributed by atoms with Gasteiger partial charge in [0.15, 0.2) is 0 Å². The molecule has 0 spiro atoms. The van der Waals surface area contributed by atoms with Crippen molar-refractivity contribution in [2.75, 3.05) is 11.1 Å². The molecule has 0 unspecified atom stereocenters. The molecule has 0 saturated heterocycles. The molecule has 0 atom stereocenters. The summed E-state index contributed by atoms with van der Waals surface area (Å²) in [4.78, 5) is 4.20. The summed E-state index contributed by atoms with van der Waals surface area (Å²) in [6, 6.07) is 5.96. The Morgan fingerprint density at radius 3 is 3.07 bits per heavy atom. The first-order valence-corrected chi connectivity index (χ1v) is 5.67. The number of thiazole rings is 1. The third-order valence-corrected chi connectivity index (χ3v) is 2.79. The van der Waals surface area contributed by atoms with Gasteiger partial charge in [-0.15, -0.1) is 11.3 Å². The highest BCUT2D eigenvalue weighted by atomic mass is 32.1. The van der Waals surface area contributed by atoms with E-state index in [2.05, 4.69) is 10.3 Å². The van der Waals surface area contributed by atoms with E-state index in [1.54, 1.807) is 11.3 Å². The van der Waals surface area contributed by atoms with Crippen LogP contribution in [0.1, 0.15) is 11.3 Å². The molecule has 0 saturated carbocycles. The lowest BCUT2D eigenvalue weighted by Crippen LogP contribution is -2.02. The molecule has 15 heavy (non-hydrogen) atoms. The first kappa shape index (κ1) is 9.98. The molecule has 2 rings (SSSR count). The van der Waals surface area contributed by atoms with E-state index in [0.29, 0.717) is 0 Å². The zero-order chi connectivity index (χ0) is 10.7. The molecule has 0 bridgehead atoms. The Bertz CT molecular complexity index is 437. The lowest BCUT2D eigenvalue weighted by atomic mass is 10.2. The number of nitrogen functional groups attached to an aromatic ring is 1. The van der Waals surface area contributed by atoms with E-state index in [1.807, 2.05) is 36.0 Å². The van der Waals surface area contributed by atoms with E-state index in [9.17, 15) is 0 Å². The average molecular weight is 219 g/mol. The van der Waals surface area contributed by atoms with Crippen molar-refractivity contribution in [3.8, 4) is 0 Å². The number of hydrogen-bond donors (Lipinski definition) is 2. The fourth-order valence-corrected chi connectivity index (χ4v) is 1.89. The highest BCUT2D eigenvalue weighted by Gasteiger charge is 1.99. The number of nitrogens with one attached hydrogen (secondary N) is 1. The Morgan fingerprint density at radius 1 is 1.47 bits per heavy atom. The molecule has 1 heterocycles. The third-order valence-electron chi connectivity index (χ3n) is 2.15. The van der Waals surface area contributed by atoms with Crippen molar-refractivity contribution in [1.29, 1.82) is 0 Å². The fraction of sp³-hybridized carbons (Fsp3) is 0.182. The maximum atomic E-state index is 5.85. The van der Waals surface area contributed by atoms with Crippen LogP contribution in [0.2, 0.25) is 0 Å². The highest BCUT2D eigenvalue weighted by molar-refractivity contribution is 7.07. The van der Waals surface area contributed by atoms with Gasteiger partial charge in [0.1, 0.15) is 0 Å². The van der Waals surface area contributed by atoms with Crippen LogP contribution in [0.15, 0.2) is 29.1 Å². The summed E-state index contributed by atoms with van der Waals surface area (Å²) in [6.45, 7) is 2.77. The van der Waals surface area contributed by atoms with Gasteiger partial charge in [0, 0.05) is 5.38 Å². The molecule has 0 fully saturated rings. The van der Waals surface area contributed by atoms with Crippen molar-refractivity contribution in [2.24, 2.45) is 0 Å². The number of nitrogens with two attached hydrogens (primary N) is 1. The quantitative estimate of drug-likeness (QED) is 0.780. The largest absolute Gasteiger partial charge is 0.397 e. The van der Waals surface area contributed by atoms with E-state index < -0.39 is 0 Å². The van der Waals surface area contributed by atoms with Crippen LogP contribution in [0.4, 0.5) is 11.4 Å². The third kappa shape index (κ3) is 2.47. The maximum Gasteiger partial charge on any atom is 0.0795 e. The topological polar surface area (TPSA) is 50.9 Å². The summed E-state index contributed by atoms with van der Waals surface area (Å²) in [5.41, 5.74) is 11.7. The molecule has 0 radical (unpaired) electrons. The van der Waals surface area contributed by atoms with Gasteiger partial charge in [0.05, 0.1) is 29.1 Å². The number of benzene rings is 1. The monoisotopic (exact) mass is 219 g/mol. The van der Waals surface area contributed by atoms with Crippen LogP contribution in [-0.2, 0) is 6.54 Å². The molecule has 4 heteroatoms. The molecule has 0 aliphatic heterocycles. The van der Waals surface area contributed by atoms with Gasteiger partial charge in [0.2, 0.25) is 0 Å². The van der Waals surface area contributed by atoms with Crippen molar-refractivity contribution in [3.05, 3.63) is 40.3 Å². The Morgan fingerprint density at radius 2 is 2.33 bits per heavy atom. The predicted octanol–water partition coefficient (Wildman–Crippen LogP) is 2.65. The Hall–Kier alpha value is -1.55. The van der Waals surface area contributed by atoms with Gasteiger partial charge in [0.25, 0.3) is 0 Å². The molecule has 1 aromatic carbocycles. The minimum Gasteiger partial charge on any atom is -0.397 e. The number of nitrogens with zero attached hydrogens (tertiary/aromatic N) is 1. The Balaban J connectivity index is 2.07. The Kier molecular flexibility index (Phi) is 2.87. The fourth-order valence-electron chi connectivity index (χ4n) is 1.33. The molecule has 1 aromatic heterocycles. The van der Waals surface area contributed by atoms with E-state index in [0.717, 1.165) is 23.6 Å². The predicted molar refractivity (Wildman–Crippen MR) is 65.0 cm³/mol. The summed E-state index contributed by atoms with van der Waals surface area (Å²) in [7, 11) is 0. The van der Waals surface area contributed by atoms with Gasteiger partial charge in [-0.2, -0.15) is 0 Å². The van der Waals surface area contributed by atoms with Gasteiger partial charge in [-0.25, -0.2) is 4.98 Å². The first-order chi connectivity index (χ1) is 7.25. The normalized spacial score (nSPS) is 10.2.